The van der Waals surface area contributed by atoms with E-state index in [1.165, 1.54) is 0 Å². The molecule has 18 heavy (non-hydrogen) atoms. The normalized spacial score (nSPS) is 11.4. The summed E-state index contributed by atoms with van der Waals surface area (Å²) in [5.41, 5.74) is 5.73. The maximum atomic E-state index is 5.89. The first-order valence-electron chi connectivity index (χ1n) is 5.47. The number of halogens is 2. The molecule has 0 aliphatic carbocycles. The van der Waals surface area contributed by atoms with Crippen LogP contribution in [0.4, 0.5) is 5.69 Å². The Labute approximate surface area is 116 Å². The molecule has 2 aromatic rings. The summed E-state index contributed by atoms with van der Waals surface area (Å²) in [4.78, 5) is 0. The van der Waals surface area contributed by atoms with Crippen molar-refractivity contribution in [2.75, 3.05) is 5.43 Å². The van der Waals surface area contributed by atoms with Gasteiger partial charge >= 0.3 is 0 Å². The second kappa shape index (κ2) is 5.89. The van der Waals surface area contributed by atoms with Crippen LogP contribution in [0.15, 0.2) is 53.6 Å². The van der Waals surface area contributed by atoms with E-state index in [9.17, 15) is 0 Å². The van der Waals surface area contributed by atoms with Crippen molar-refractivity contribution in [3.8, 4) is 0 Å². The van der Waals surface area contributed by atoms with E-state index in [1.807, 2.05) is 55.5 Å². The standard InChI is InChI=1S/C14H12Cl2N2/c1-10(11-5-7-12(15)8-6-11)17-18-14-4-2-3-13(16)9-14/h2-9,18H,1H3/b17-10-. The maximum absolute atomic E-state index is 5.89. The van der Waals surface area contributed by atoms with Crippen LogP contribution in [0.2, 0.25) is 10.0 Å². The van der Waals surface area contributed by atoms with Crippen LogP contribution < -0.4 is 5.43 Å². The summed E-state index contributed by atoms with van der Waals surface area (Å²) in [6.07, 6.45) is 0. The fraction of sp³-hybridized carbons (Fsp3) is 0.0714. The highest BCUT2D eigenvalue weighted by Gasteiger charge is 1.97. The number of benzene rings is 2. The highest BCUT2D eigenvalue weighted by molar-refractivity contribution is 6.31. The number of hydrazone groups is 1. The first-order chi connectivity index (χ1) is 8.65. The number of anilines is 1. The lowest BCUT2D eigenvalue weighted by Crippen LogP contribution is -1.99. The van der Waals surface area contributed by atoms with E-state index >= 15 is 0 Å². The smallest absolute Gasteiger partial charge is 0.0648 e. The van der Waals surface area contributed by atoms with Crippen molar-refractivity contribution in [3.63, 3.8) is 0 Å². The molecule has 2 nitrogen and oxygen atoms in total. The minimum atomic E-state index is 0.680. The molecule has 0 aliphatic rings. The molecule has 0 aliphatic heterocycles. The predicted octanol–water partition coefficient (Wildman–Crippen LogP) is 4.83. The molecule has 92 valence electrons. The molecule has 0 radical (unpaired) electrons. The van der Waals surface area contributed by atoms with E-state index < -0.39 is 0 Å². The largest absolute Gasteiger partial charge is 0.278 e. The molecule has 0 saturated carbocycles. The maximum Gasteiger partial charge on any atom is 0.0648 e. The van der Waals surface area contributed by atoms with Gasteiger partial charge in [-0.2, -0.15) is 5.10 Å². The third-order valence-corrected chi connectivity index (χ3v) is 2.93. The summed E-state index contributed by atoms with van der Waals surface area (Å²) in [5, 5.41) is 5.70. The zero-order valence-electron chi connectivity index (χ0n) is 9.82. The Bertz CT molecular complexity index is 562. The second-order valence-corrected chi connectivity index (χ2v) is 4.70. The summed E-state index contributed by atoms with van der Waals surface area (Å²) in [6, 6.07) is 15.0. The predicted molar refractivity (Wildman–Crippen MR) is 78.7 cm³/mol. The van der Waals surface area contributed by atoms with Crippen molar-refractivity contribution in [2.24, 2.45) is 5.10 Å². The van der Waals surface area contributed by atoms with Gasteiger partial charge in [-0.25, -0.2) is 0 Å². The molecule has 0 heterocycles. The van der Waals surface area contributed by atoms with Gasteiger partial charge in [0.25, 0.3) is 0 Å². The summed E-state index contributed by atoms with van der Waals surface area (Å²) < 4.78 is 0. The minimum absolute atomic E-state index is 0.680. The molecule has 0 bridgehead atoms. The van der Waals surface area contributed by atoms with Gasteiger partial charge in [-0.15, -0.1) is 0 Å². The van der Waals surface area contributed by atoms with Crippen molar-refractivity contribution in [3.05, 3.63) is 64.1 Å². The van der Waals surface area contributed by atoms with Crippen LogP contribution in [0, 0.1) is 0 Å². The Balaban J connectivity index is 2.11. The quantitative estimate of drug-likeness (QED) is 0.631. The van der Waals surface area contributed by atoms with E-state index in [0.717, 1.165) is 17.0 Å². The summed E-state index contributed by atoms with van der Waals surface area (Å²) >= 11 is 11.7. The second-order valence-electron chi connectivity index (χ2n) is 3.83. The molecule has 0 amide bonds. The van der Waals surface area contributed by atoms with Crippen LogP contribution in [-0.2, 0) is 0 Å². The topological polar surface area (TPSA) is 24.4 Å². The fourth-order valence-electron chi connectivity index (χ4n) is 1.46. The van der Waals surface area contributed by atoms with E-state index in [1.54, 1.807) is 0 Å². The van der Waals surface area contributed by atoms with Gasteiger partial charge in [-0.3, -0.25) is 5.43 Å². The molecule has 0 saturated heterocycles. The van der Waals surface area contributed by atoms with Crippen LogP contribution in [0.3, 0.4) is 0 Å². The van der Waals surface area contributed by atoms with Gasteiger partial charge in [0, 0.05) is 10.0 Å². The zero-order valence-corrected chi connectivity index (χ0v) is 11.3. The highest BCUT2D eigenvalue weighted by atomic mass is 35.5. The Kier molecular flexibility index (Phi) is 4.24. The molecule has 4 heteroatoms. The molecule has 0 spiro atoms. The van der Waals surface area contributed by atoms with Crippen LogP contribution in [0.5, 0.6) is 0 Å². The van der Waals surface area contributed by atoms with Gasteiger partial charge in [0.1, 0.15) is 0 Å². The molecular formula is C14H12Cl2N2. The number of nitrogens with one attached hydrogen (secondary N) is 1. The first-order valence-corrected chi connectivity index (χ1v) is 6.22. The summed E-state index contributed by atoms with van der Waals surface area (Å²) in [7, 11) is 0. The van der Waals surface area contributed by atoms with Crippen molar-refractivity contribution in [2.45, 2.75) is 6.92 Å². The Morgan fingerprint density at radius 1 is 1.00 bits per heavy atom. The lowest BCUT2D eigenvalue weighted by molar-refractivity contribution is 1.32. The van der Waals surface area contributed by atoms with E-state index in [-0.39, 0.29) is 0 Å². The van der Waals surface area contributed by atoms with E-state index in [0.29, 0.717) is 10.0 Å². The average Bonchev–Trinajstić information content (AvgIpc) is 2.37. The van der Waals surface area contributed by atoms with Crippen molar-refractivity contribution in [1.29, 1.82) is 0 Å². The molecule has 0 fully saturated rings. The number of nitrogens with zero attached hydrogens (tertiary/aromatic N) is 1. The van der Waals surface area contributed by atoms with Gasteiger partial charge in [0.05, 0.1) is 11.4 Å². The average molecular weight is 279 g/mol. The number of hydrogen-bond acceptors (Lipinski definition) is 2. The van der Waals surface area contributed by atoms with Crippen molar-refractivity contribution >= 4 is 34.6 Å². The number of rotatable bonds is 3. The Hall–Kier alpha value is -1.51. The summed E-state index contributed by atoms with van der Waals surface area (Å²) in [5.74, 6) is 0. The molecule has 0 unspecified atom stereocenters. The third-order valence-electron chi connectivity index (χ3n) is 2.44. The molecule has 0 atom stereocenters. The Morgan fingerprint density at radius 2 is 1.72 bits per heavy atom. The van der Waals surface area contributed by atoms with E-state index in [2.05, 4.69) is 10.5 Å². The summed E-state index contributed by atoms with van der Waals surface area (Å²) in [6.45, 7) is 1.93. The monoisotopic (exact) mass is 278 g/mol. The lowest BCUT2D eigenvalue weighted by Gasteiger charge is -2.04. The van der Waals surface area contributed by atoms with Gasteiger partial charge in [-0.1, -0.05) is 41.4 Å². The van der Waals surface area contributed by atoms with Crippen LogP contribution >= 0.6 is 23.2 Å². The zero-order chi connectivity index (χ0) is 13.0. The van der Waals surface area contributed by atoms with Gasteiger partial charge in [0.2, 0.25) is 0 Å². The van der Waals surface area contributed by atoms with Gasteiger partial charge in [-0.05, 0) is 42.8 Å². The van der Waals surface area contributed by atoms with Crippen LogP contribution in [-0.4, -0.2) is 5.71 Å². The fourth-order valence-corrected chi connectivity index (χ4v) is 1.78. The minimum Gasteiger partial charge on any atom is -0.278 e. The van der Waals surface area contributed by atoms with E-state index in [4.69, 9.17) is 23.2 Å². The third kappa shape index (κ3) is 3.49. The van der Waals surface area contributed by atoms with Crippen LogP contribution in [0.25, 0.3) is 0 Å². The van der Waals surface area contributed by atoms with Gasteiger partial charge in [0.15, 0.2) is 0 Å². The highest BCUT2D eigenvalue weighted by Crippen LogP contribution is 2.15. The van der Waals surface area contributed by atoms with Gasteiger partial charge < -0.3 is 0 Å². The molecule has 2 aromatic carbocycles. The van der Waals surface area contributed by atoms with Crippen molar-refractivity contribution < 1.29 is 0 Å². The Morgan fingerprint density at radius 3 is 2.39 bits per heavy atom. The molecule has 1 N–H and O–H groups in total. The van der Waals surface area contributed by atoms with Crippen molar-refractivity contribution in [1.82, 2.24) is 0 Å². The first kappa shape index (κ1) is 12.9. The van der Waals surface area contributed by atoms with Crippen LogP contribution in [0.1, 0.15) is 12.5 Å². The lowest BCUT2D eigenvalue weighted by atomic mass is 10.1. The molecule has 0 aromatic heterocycles. The number of hydrogen-bond donors (Lipinski definition) is 1. The SMILES string of the molecule is C/C(=N/Nc1cccc(Cl)c1)c1ccc(Cl)cc1. The molecular weight excluding hydrogens is 267 g/mol. The molecule has 2 rings (SSSR count).